The van der Waals surface area contributed by atoms with Crippen LogP contribution in [0, 0.1) is 23.0 Å². The number of hydrogen-bond donors (Lipinski definition) is 2. The van der Waals surface area contributed by atoms with Crippen LogP contribution in [0.2, 0.25) is 0 Å². The van der Waals surface area contributed by atoms with Gasteiger partial charge < -0.3 is 10.6 Å². The Morgan fingerprint density at radius 3 is 2.62 bits per heavy atom. The second-order valence-electron chi connectivity index (χ2n) is 6.61. The standard InChI is InChI=1S/C23H19F2N3O/c1-15(27-22-10-9-19(24)11-18(22)14-26)16-6-4-7-20(12-16)28-23(29)13-17-5-2-3-8-21(17)25/h2-12,15,27H,13H2,1H3,(H,28,29). The molecule has 1 atom stereocenters. The van der Waals surface area contributed by atoms with Gasteiger partial charge in [0.15, 0.2) is 0 Å². The highest BCUT2D eigenvalue weighted by atomic mass is 19.1. The van der Waals surface area contributed by atoms with Gasteiger partial charge in [-0.2, -0.15) is 5.26 Å². The Bertz CT molecular complexity index is 1080. The van der Waals surface area contributed by atoms with Crippen molar-refractivity contribution in [3.63, 3.8) is 0 Å². The zero-order valence-corrected chi connectivity index (χ0v) is 15.7. The molecule has 0 fully saturated rings. The van der Waals surface area contributed by atoms with Crippen molar-refractivity contribution in [2.45, 2.75) is 19.4 Å². The van der Waals surface area contributed by atoms with E-state index in [1.165, 1.54) is 24.3 Å². The van der Waals surface area contributed by atoms with E-state index >= 15 is 0 Å². The summed E-state index contributed by atoms with van der Waals surface area (Å²) in [5, 5.41) is 15.1. The summed E-state index contributed by atoms with van der Waals surface area (Å²) in [5.74, 6) is -1.21. The minimum Gasteiger partial charge on any atom is -0.377 e. The minimum atomic E-state index is -0.473. The third kappa shape index (κ3) is 5.17. The molecule has 3 aromatic carbocycles. The van der Waals surface area contributed by atoms with Gasteiger partial charge in [-0.15, -0.1) is 0 Å². The van der Waals surface area contributed by atoms with Crippen LogP contribution in [-0.4, -0.2) is 5.91 Å². The predicted molar refractivity (Wildman–Crippen MR) is 108 cm³/mol. The summed E-state index contributed by atoms with van der Waals surface area (Å²) >= 11 is 0. The van der Waals surface area contributed by atoms with Crippen molar-refractivity contribution < 1.29 is 13.6 Å². The maximum atomic E-state index is 13.7. The number of anilines is 2. The van der Waals surface area contributed by atoms with E-state index in [-0.39, 0.29) is 23.9 Å². The maximum Gasteiger partial charge on any atom is 0.228 e. The molecule has 0 bridgehead atoms. The molecule has 0 spiro atoms. The Morgan fingerprint density at radius 1 is 1.07 bits per heavy atom. The molecule has 29 heavy (non-hydrogen) atoms. The molecule has 2 N–H and O–H groups in total. The summed E-state index contributed by atoms with van der Waals surface area (Å²) in [6, 6.07) is 19.1. The zero-order valence-electron chi connectivity index (χ0n) is 15.7. The summed E-state index contributed by atoms with van der Waals surface area (Å²) in [5.41, 5.74) is 2.51. The highest BCUT2D eigenvalue weighted by Crippen LogP contribution is 2.24. The van der Waals surface area contributed by atoms with Crippen molar-refractivity contribution in [3.05, 3.63) is 95.1 Å². The second kappa shape index (κ2) is 8.98. The molecule has 0 aliphatic carbocycles. The monoisotopic (exact) mass is 391 g/mol. The van der Waals surface area contributed by atoms with Gasteiger partial charge in [-0.05, 0) is 54.4 Å². The molecule has 3 aromatic rings. The molecule has 0 saturated heterocycles. The van der Waals surface area contributed by atoms with Crippen molar-refractivity contribution in [2.75, 3.05) is 10.6 Å². The van der Waals surface area contributed by atoms with Crippen LogP contribution in [0.15, 0.2) is 66.7 Å². The first-order chi connectivity index (χ1) is 14.0. The van der Waals surface area contributed by atoms with Crippen LogP contribution in [0.1, 0.15) is 29.7 Å². The highest BCUT2D eigenvalue weighted by molar-refractivity contribution is 5.92. The number of amides is 1. The number of benzene rings is 3. The molecule has 1 amide bonds. The second-order valence-corrected chi connectivity index (χ2v) is 6.61. The van der Waals surface area contributed by atoms with Gasteiger partial charge in [0, 0.05) is 11.7 Å². The van der Waals surface area contributed by atoms with Crippen LogP contribution in [0.5, 0.6) is 0 Å². The van der Waals surface area contributed by atoms with Crippen LogP contribution in [-0.2, 0) is 11.2 Å². The highest BCUT2D eigenvalue weighted by Gasteiger charge is 2.12. The Labute approximate surface area is 167 Å². The molecule has 0 heterocycles. The molecule has 0 aliphatic rings. The van der Waals surface area contributed by atoms with Gasteiger partial charge in [-0.3, -0.25) is 4.79 Å². The third-order valence-corrected chi connectivity index (χ3v) is 4.45. The van der Waals surface area contributed by atoms with Gasteiger partial charge >= 0.3 is 0 Å². The van der Waals surface area contributed by atoms with E-state index in [2.05, 4.69) is 10.6 Å². The van der Waals surface area contributed by atoms with E-state index in [0.717, 1.165) is 5.56 Å². The summed E-state index contributed by atoms with van der Waals surface area (Å²) in [6.45, 7) is 1.89. The summed E-state index contributed by atoms with van der Waals surface area (Å²) in [6.07, 6.45) is -0.0637. The van der Waals surface area contributed by atoms with E-state index in [4.69, 9.17) is 0 Å². The molecule has 0 radical (unpaired) electrons. The smallest absolute Gasteiger partial charge is 0.228 e. The number of carbonyl (C=O) groups is 1. The number of nitriles is 1. The molecule has 0 saturated carbocycles. The van der Waals surface area contributed by atoms with Gasteiger partial charge in [0.25, 0.3) is 0 Å². The zero-order chi connectivity index (χ0) is 20.8. The predicted octanol–water partition coefficient (Wildman–Crippen LogP) is 5.19. The number of nitrogens with one attached hydrogen (secondary N) is 2. The number of hydrogen-bond acceptors (Lipinski definition) is 3. The van der Waals surface area contributed by atoms with E-state index in [0.29, 0.717) is 16.9 Å². The summed E-state index contributed by atoms with van der Waals surface area (Å²) in [4.78, 5) is 12.3. The largest absolute Gasteiger partial charge is 0.377 e. The van der Waals surface area contributed by atoms with Crippen LogP contribution >= 0.6 is 0 Å². The van der Waals surface area contributed by atoms with Gasteiger partial charge in [-0.25, -0.2) is 8.78 Å². The van der Waals surface area contributed by atoms with Crippen molar-refractivity contribution in [1.29, 1.82) is 5.26 Å². The SMILES string of the molecule is CC(Nc1ccc(F)cc1C#N)c1cccc(NC(=O)Cc2ccccc2F)c1. The van der Waals surface area contributed by atoms with Gasteiger partial charge in [-0.1, -0.05) is 30.3 Å². The molecule has 3 rings (SSSR count). The van der Waals surface area contributed by atoms with E-state index in [9.17, 15) is 18.8 Å². The van der Waals surface area contributed by atoms with Crippen LogP contribution in [0.4, 0.5) is 20.2 Å². The van der Waals surface area contributed by atoms with E-state index in [1.807, 2.05) is 19.1 Å². The van der Waals surface area contributed by atoms with Crippen LogP contribution in [0.3, 0.4) is 0 Å². The molecule has 146 valence electrons. The lowest BCUT2D eigenvalue weighted by atomic mass is 10.1. The van der Waals surface area contributed by atoms with Gasteiger partial charge in [0.2, 0.25) is 5.91 Å². The number of nitrogens with zero attached hydrogens (tertiary/aromatic N) is 1. The fourth-order valence-corrected chi connectivity index (χ4v) is 2.96. The maximum absolute atomic E-state index is 13.7. The first-order valence-electron chi connectivity index (χ1n) is 9.05. The molecular weight excluding hydrogens is 372 g/mol. The van der Waals surface area contributed by atoms with Gasteiger partial charge in [0.05, 0.1) is 17.7 Å². The van der Waals surface area contributed by atoms with Crippen LogP contribution < -0.4 is 10.6 Å². The lowest BCUT2D eigenvalue weighted by Gasteiger charge is -2.18. The van der Waals surface area contributed by atoms with Crippen LogP contribution in [0.25, 0.3) is 0 Å². The summed E-state index contributed by atoms with van der Waals surface area (Å²) in [7, 11) is 0. The van der Waals surface area contributed by atoms with Gasteiger partial charge in [0.1, 0.15) is 17.7 Å². The van der Waals surface area contributed by atoms with Crippen molar-refractivity contribution >= 4 is 17.3 Å². The quantitative estimate of drug-likeness (QED) is 0.608. The average Bonchev–Trinajstić information content (AvgIpc) is 2.71. The van der Waals surface area contributed by atoms with Crippen molar-refractivity contribution in [1.82, 2.24) is 0 Å². The van der Waals surface area contributed by atoms with E-state index < -0.39 is 11.6 Å². The first-order valence-corrected chi connectivity index (χ1v) is 9.05. The van der Waals surface area contributed by atoms with Crippen molar-refractivity contribution in [3.8, 4) is 6.07 Å². The average molecular weight is 391 g/mol. The third-order valence-electron chi connectivity index (χ3n) is 4.45. The molecule has 0 aromatic heterocycles. The Balaban J connectivity index is 1.70. The Morgan fingerprint density at radius 2 is 1.86 bits per heavy atom. The number of rotatable bonds is 6. The lowest BCUT2D eigenvalue weighted by Crippen LogP contribution is -2.15. The topological polar surface area (TPSA) is 64.9 Å². The Kier molecular flexibility index (Phi) is 6.20. The normalized spacial score (nSPS) is 11.4. The minimum absolute atomic E-state index is 0.0637. The fraction of sp³-hybridized carbons (Fsp3) is 0.130. The first kappa shape index (κ1) is 20.0. The molecule has 4 nitrogen and oxygen atoms in total. The molecule has 6 heteroatoms. The van der Waals surface area contributed by atoms with E-state index in [1.54, 1.807) is 36.4 Å². The van der Waals surface area contributed by atoms with Crippen molar-refractivity contribution in [2.24, 2.45) is 0 Å². The fourth-order valence-electron chi connectivity index (χ4n) is 2.96. The Hall–Kier alpha value is -3.72. The number of halogens is 2. The molecular formula is C23H19F2N3O. The summed E-state index contributed by atoms with van der Waals surface area (Å²) < 4.78 is 27.0. The number of carbonyl (C=O) groups excluding carboxylic acids is 1. The molecule has 1 unspecified atom stereocenters. The molecule has 0 aliphatic heterocycles. The lowest BCUT2D eigenvalue weighted by molar-refractivity contribution is -0.115.